The van der Waals surface area contributed by atoms with Gasteiger partial charge in [-0.15, -0.1) is 0 Å². The van der Waals surface area contributed by atoms with E-state index in [0.717, 1.165) is 16.8 Å². The van der Waals surface area contributed by atoms with Gasteiger partial charge in [0.25, 0.3) is 0 Å². The predicted octanol–water partition coefficient (Wildman–Crippen LogP) is -1.51. The average Bonchev–Trinajstić information content (AvgIpc) is 2.12. The number of hydrogen-bond acceptors (Lipinski definition) is 1. The van der Waals surface area contributed by atoms with Gasteiger partial charge in [-0.3, -0.25) is 0 Å². The van der Waals surface area contributed by atoms with Crippen LogP contribution < -0.4 is 24.0 Å². The van der Waals surface area contributed by atoms with Gasteiger partial charge >= 0.3 is 0 Å². The van der Waals surface area contributed by atoms with Gasteiger partial charge in [0.1, 0.15) is 6.54 Å². The highest BCUT2D eigenvalue weighted by atomic mass is 127. The number of furan rings is 1. The van der Waals surface area contributed by atoms with Crippen LogP contribution in [0.25, 0.3) is 0 Å². The highest BCUT2D eigenvalue weighted by Crippen LogP contribution is 2.06. The molecule has 0 aliphatic heterocycles. The Hall–Kier alpha value is -0.0300. The summed E-state index contributed by atoms with van der Waals surface area (Å²) in [6.45, 7) is 0.951. The van der Waals surface area contributed by atoms with Gasteiger partial charge in [-0.05, 0) is 12.1 Å². The average molecular weight is 267 g/mol. The number of nitrogens with zero attached hydrogens (tertiary/aromatic N) is 1. The zero-order valence-electron chi connectivity index (χ0n) is 7.17. The Morgan fingerprint density at radius 1 is 1.36 bits per heavy atom. The number of halogens is 1. The van der Waals surface area contributed by atoms with Crippen LogP contribution in [0.3, 0.4) is 0 Å². The molecule has 0 N–H and O–H groups in total. The molecule has 0 amide bonds. The Labute approximate surface area is 84.8 Å². The van der Waals surface area contributed by atoms with Gasteiger partial charge in [0.15, 0.2) is 5.76 Å². The second-order valence-corrected chi connectivity index (χ2v) is 3.53. The molecule has 0 radical (unpaired) electrons. The molecule has 1 rings (SSSR count). The van der Waals surface area contributed by atoms with Crippen LogP contribution in [0.5, 0.6) is 0 Å². The summed E-state index contributed by atoms with van der Waals surface area (Å²) in [6, 6.07) is 3.93. The first-order valence-corrected chi connectivity index (χ1v) is 3.41. The van der Waals surface area contributed by atoms with Gasteiger partial charge < -0.3 is 32.9 Å². The monoisotopic (exact) mass is 267 g/mol. The second kappa shape index (κ2) is 4.11. The van der Waals surface area contributed by atoms with Crippen LogP contribution in [-0.2, 0) is 6.54 Å². The van der Waals surface area contributed by atoms with E-state index in [-0.39, 0.29) is 24.0 Å². The van der Waals surface area contributed by atoms with E-state index in [1.807, 2.05) is 12.1 Å². The lowest BCUT2D eigenvalue weighted by Crippen LogP contribution is -3.00. The molecule has 0 aromatic carbocycles. The minimum Gasteiger partial charge on any atom is -1.00 e. The lowest BCUT2D eigenvalue weighted by Gasteiger charge is -2.21. The van der Waals surface area contributed by atoms with E-state index < -0.39 is 0 Å². The quantitative estimate of drug-likeness (QED) is 0.469. The molecule has 0 aliphatic carbocycles. The van der Waals surface area contributed by atoms with Crippen LogP contribution in [0, 0.1) is 0 Å². The zero-order chi connectivity index (χ0) is 7.61. The highest BCUT2D eigenvalue weighted by Gasteiger charge is 2.09. The smallest absolute Gasteiger partial charge is 0.158 e. The summed E-state index contributed by atoms with van der Waals surface area (Å²) in [4.78, 5) is 0. The molecule has 64 valence electrons. The van der Waals surface area contributed by atoms with Crippen molar-refractivity contribution in [2.45, 2.75) is 6.54 Å². The van der Waals surface area contributed by atoms with Crippen molar-refractivity contribution < 1.29 is 32.9 Å². The van der Waals surface area contributed by atoms with Crippen LogP contribution >= 0.6 is 0 Å². The molecule has 0 bridgehead atoms. The van der Waals surface area contributed by atoms with Gasteiger partial charge in [-0.25, -0.2) is 0 Å². The summed E-state index contributed by atoms with van der Waals surface area (Å²) in [5.74, 6) is 1.05. The van der Waals surface area contributed by atoms with E-state index in [0.29, 0.717) is 0 Å². The maximum Gasteiger partial charge on any atom is 0.158 e. The summed E-state index contributed by atoms with van der Waals surface area (Å²) >= 11 is 0. The third-order valence-corrected chi connectivity index (χ3v) is 1.21. The number of quaternary nitrogens is 1. The van der Waals surface area contributed by atoms with Crippen molar-refractivity contribution in [1.82, 2.24) is 0 Å². The molecule has 0 spiro atoms. The molecule has 11 heavy (non-hydrogen) atoms. The maximum atomic E-state index is 5.19. The fraction of sp³-hybridized carbons (Fsp3) is 0.500. The lowest BCUT2D eigenvalue weighted by molar-refractivity contribution is -0.884. The third-order valence-electron chi connectivity index (χ3n) is 1.21. The minimum absolute atomic E-state index is 0. The molecule has 1 heterocycles. The van der Waals surface area contributed by atoms with Gasteiger partial charge in [0.2, 0.25) is 0 Å². The lowest BCUT2D eigenvalue weighted by atomic mass is 10.4. The molecule has 0 aliphatic rings. The zero-order valence-corrected chi connectivity index (χ0v) is 9.33. The van der Waals surface area contributed by atoms with Crippen molar-refractivity contribution in [1.29, 1.82) is 0 Å². The summed E-state index contributed by atoms with van der Waals surface area (Å²) in [5.41, 5.74) is 0. The van der Waals surface area contributed by atoms with Gasteiger partial charge in [-0.2, -0.15) is 0 Å². The van der Waals surface area contributed by atoms with E-state index >= 15 is 0 Å². The topological polar surface area (TPSA) is 13.1 Å². The number of rotatable bonds is 2. The second-order valence-electron chi connectivity index (χ2n) is 3.53. The van der Waals surface area contributed by atoms with Gasteiger partial charge in [-0.1, -0.05) is 0 Å². The molecule has 1 aromatic heterocycles. The molecule has 0 saturated carbocycles. The third kappa shape index (κ3) is 4.42. The first kappa shape index (κ1) is 11.0. The van der Waals surface area contributed by atoms with Crippen LogP contribution in [0.4, 0.5) is 0 Å². The molecular formula is C8H14INO. The molecule has 0 fully saturated rings. The molecule has 2 nitrogen and oxygen atoms in total. The Morgan fingerprint density at radius 3 is 2.36 bits per heavy atom. The maximum absolute atomic E-state index is 5.19. The van der Waals surface area contributed by atoms with Crippen molar-refractivity contribution in [3.8, 4) is 0 Å². The summed E-state index contributed by atoms with van der Waals surface area (Å²) in [6.07, 6.45) is 1.71. The standard InChI is InChI=1S/C8H14NO.HI/c1-9(2,3)7-8-5-4-6-10-8;/h4-6H,7H2,1-3H3;1H/q+1;/p-1. The fourth-order valence-electron chi connectivity index (χ4n) is 0.870. The van der Waals surface area contributed by atoms with Crippen molar-refractivity contribution in [2.24, 2.45) is 0 Å². The van der Waals surface area contributed by atoms with E-state index in [4.69, 9.17) is 4.42 Å². The fourth-order valence-corrected chi connectivity index (χ4v) is 0.870. The normalized spacial score (nSPS) is 10.8. The van der Waals surface area contributed by atoms with Crippen LogP contribution in [-0.4, -0.2) is 25.6 Å². The highest BCUT2D eigenvalue weighted by molar-refractivity contribution is 4.95. The summed E-state index contributed by atoms with van der Waals surface area (Å²) < 4.78 is 6.10. The van der Waals surface area contributed by atoms with E-state index in [1.54, 1.807) is 6.26 Å². The molecular weight excluding hydrogens is 253 g/mol. The van der Waals surface area contributed by atoms with Crippen LogP contribution in [0.2, 0.25) is 0 Å². The molecule has 1 aromatic rings. The van der Waals surface area contributed by atoms with Crippen LogP contribution in [0.15, 0.2) is 22.8 Å². The Morgan fingerprint density at radius 2 is 2.00 bits per heavy atom. The van der Waals surface area contributed by atoms with Gasteiger partial charge in [0.05, 0.1) is 27.4 Å². The molecule has 0 atom stereocenters. The van der Waals surface area contributed by atoms with Crippen LogP contribution in [0.1, 0.15) is 5.76 Å². The largest absolute Gasteiger partial charge is 1.00 e. The summed E-state index contributed by atoms with van der Waals surface area (Å²) in [5, 5.41) is 0. The summed E-state index contributed by atoms with van der Waals surface area (Å²) in [7, 11) is 6.42. The van der Waals surface area contributed by atoms with Crippen molar-refractivity contribution in [3.05, 3.63) is 24.2 Å². The number of hydrogen-bond donors (Lipinski definition) is 0. The Kier molecular flexibility index (Phi) is 4.10. The van der Waals surface area contributed by atoms with E-state index in [9.17, 15) is 0 Å². The van der Waals surface area contributed by atoms with Crippen molar-refractivity contribution in [3.63, 3.8) is 0 Å². The van der Waals surface area contributed by atoms with E-state index in [1.165, 1.54) is 0 Å². The molecule has 0 unspecified atom stereocenters. The molecule has 0 saturated heterocycles. The van der Waals surface area contributed by atoms with Gasteiger partial charge in [0, 0.05) is 0 Å². The Bertz CT molecular complexity index is 188. The molecule has 3 heteroatoms. The predicted molar refractivity (Wildman–Crippen MR) is 40.4 cm³/mol. The van der Waals surface area contributed by atoms with Crippen molar-refractivity contribution >= 4 is 0 Å². The van der Waals surface area contributed by atoms with E-state index in [2.05, 4.69) is 21.1 Å². The Balaban J connectivity index is 0.000001000. The van der Waals surface area contributed by atoms with Crippen molar-refractivity contribution in [2.75, 3.05) is 21.1 Å². The minimum atomic E-state index is 0. The first-order valence-electron chi connectivity index (χ1n) is 3.41. The SMILES string of the molecule is C[N+](C)(C)Cc1ccco1.[I-]. The first-order chi connectivity index (χ1) is 4.58.